The molecule has 29 heavy (non-hydrogen) atoms. The number of ether oxygens (including phenoxy) is 1. The summed E-state index contributed by atoms with van der Waals surface area (Å²) < 4.78 is 11.9. The topological polar surface area (TPSA) is 124 Å². The van der Waals surface area contributed by atoms with Crippen LogP contribution in [0.25, 0.3) is 5.13 Å². The molecular formula is C18H20N6O4S. The van der Waals surface area contributed by atoms with Crippen LogP contribution in [-0.2, 0) is 0 Å². The van der Waals surface area contributed by atoms with Crippen molar-refractivity contribution in [2.24, 2.45) is 0 Å². The molecule has 1 fully saturated rings. The number of nitrogens with zero attached hydrogens (tertiary/aromatic N) is 4. The average molecular weight is 416 g/mol. The van der Waals surface area contributed by atoms with Gasteiger partial charge in [0.2, 0.25) is 16.0 Å². The van der Waals surface area contributed by atoms with Crippen LogP contribution < -0.4 is 21.0 Å². The van der Waals surface area contributed by atoms with E-state index in [2.05, 4.69) is 25.9 Å². The van der Waals surface area contributed by atoms with Gasteiger partial charge >= 0.3 is 5.63 Å². The van der Waals surface area contributed by atoms with Gasteiger partial charge in [-0.2, -0.15) is 5.10 Å². The Balaban J connectivity index is 1.55. The number of nitrogens with one attached hydrogen (secondary N) is 2. The molecule has 10 nitrogen and oxygen atoms in total. The maximum Gasteiger partial charge on any atom is 0.381 e. The van der Waals surface area contributed by atoms with E-state index in [1.54, 1.807) is 10.9 Å². The van der Waals surface area contributed by atoms with Crippen LogP contribution in [0.3, 0.4) is 0 Å². The summed E-state index contributed by atoms with van der Waals surface area (Å²) in [5, 5.41) is 18.8. The second-order valence-electron chi connectivity index (χ2n) is 6.70. The zero-order valence-electron chi connectivity index (χ0n) is 16.0. The first-order valence-corrected chi connectivity index (χ1v) is 10.0. The molecule has 0 unspecified atom stereocenters. The summed E-state index contributed by atoms with van der Waals surface area (Å²) in [5.41, 5.74) is 0.625. The highest BCUT2D eigenvalue weighted by molar-refractivity contribution is 7.17. The zero-order chi connectivity index (χ0) is 20.4. The third kappa shape index (κ3) is 3.99. The molecule has 11 heteroatoms. The molecule has 0 spiro atoms. The number of anilines is 2. The SMILES string of the molecule is COc1c(NC2CCCC2)cc(C(=O)Nc2nnc(-n3nccc3C)s2)oc1=O. The van der Waals surface area contributed by atoms with Crippen LogP contribution in [0.2, 0.25) is 0 Å². The van der Waals surface area contributed by atoms with E-state index in [1.165, 1.54) is 13.2 Å². The number of hydrogen-bond acceptors (Lipinski definition) is 9. The van der Waals surface area contributed by atoms with Crippen molar-refractivity contribution in [1.82, 2.24) is 20.0 Å². The number of aryl methyl sites for hydroxylation is 1. The standard InChI is InChI=1S/C18H20N6O4S/c1-10-7-8-19-24(10)18-23-22-17(29-18)21-15(25)13-9-12(14(27-2)16(26)28-13)20-11-5-3-4-6-11/h7-9,11,20H,3-6H2,1-2H3,(H,21,22,25). The van der Waals surface area contributed by atoms with Crippen molar-refractivity contribution in [2.45, 2.75) is 38.6 Å². The van der Waals surface area contributed by atoms with Crippen LogP contribution in [0.1, 0.15) is 41.9 Å². The quantitative estimate of drug-likeness (QED) is 0.628. The summed E-state index contributed by atoms with van der Waals surface area (Å²) in [6.45, 7) is 1.89. The van der Waals surface area contributed by atoms with Crippen molar-refractivity contribution >= 4 is 28.1 Å². The molecule has 1 aliphatic rings. The minimum atomic E-state index is -0.717. The Morgan fingerprint density at radius 1 is 1.34 bits per heavy atom. The first-order chi connectivity index (χ1) is 14.0. The van der Waals surface area contributed by atoms with Crippen LogP contribution in [0.5, 0.6) is 5.75 Å². The molecule has 0 aromatic carbocycles. The van der Waals surface area contributed by atoms with E-state index in [4.69, 9.17) is 9.15 Å². The van der Waals surface area contributed by atoms with Crippen molar-refractivity contribution in [1.29, 1.82) is 0 Å². The number of methoxy groups -OCH3 is 1. The third-order valence-electron chi connectivity index (χ3n) is 4.70. The van der Waals surface area contributed by atoms with Crippen molar-refractivity contribution in [3.8, 4) is 10.9 Å². The maximum absolute atomic E-state index is 12.6. The lowest BCUT2D eigenvalue weighted by Crippen LogP contribution is -2.20. The van der Waals surface area contributed by atoms with Crippen LogP contribution >= 0.6 is 11.3 Å². The van der Waals surface area contributed by atoms with Crippen LogP contribution in [-0.4, -0.2) is 39.0 Å². The zero-order valence-corrected chi connectivity index (χ0v) is 16.8. The van der Waals surface area contributed by atoms with E-state index in [9.17, 15) is 9.59 Å². The molecule has 3 heterocycles. The first kappa shape index (κ1) is 19.1. The van der Waals surface area contributed by atoms with E-state index < -0.39 is 11.5 Å². The second-order valence-corrected chi connectivity index (χ2v) is 7.66. The number of hydrogen-bond donors (Lipinski definition) is 2. The monoisotopic (exact) mass is 416 g/mol. The lowest BCUT2D eigenvalue weighted by molar-refractivity contribution is 0.0991. The Morgan fingerprint density at radius 2 is 2.14 bits per heavy atom. The van der Waals surface area contributed by atoms with Crippen molar-refractivity contribution < 1.29 is 13.9 Å². The van der Waals surface area contributed by atoms with Gasteiger partial charge in [-0.1, -0.05) is 24.2 Å². The van der Waals surface area contributed by atoms with Gasteiger partial charge in [-0.15, -0.1) is 10.2 Å². The first-order valence-electron chi connectivity index (χ1n) is 9.19. The van der Waals surface area contributed by atoms with E-state index in [1.807, 2.05) is 13.0 Å². The molecule has 1 aliphatic carbocycles. The number of amides is 1. The summed E-state index contributed by atoms with van der Waals surface area (Å²) in [6, 6.07) is 3.56. The Bertz CT molecular complexity index is 1080. The summed E-state index contributed by atoms with van der Waals surface area (Å²) in [6.07, 6.45) is 5.92. The van der Waals surface area contributed by atoms with Crippen LogP contribution in [0.15, 0.2) is 27.5 Å². The summed E-state index contributed by atoms with van der Waals surface area (Å²) in [4.78, 5) is 24.9. The molecule has 1 amide bonds. The molecule has 0 saturated heterocycles. The molecular weight excluding hydrogens is 396 g/mol. The van der Waals surface area contributed by atoms with E-state index in [-0.39, 0.29) is 22.7 Å². The van der Waals surface area contributed by atoms with E-state index in [0.29, 0.717) is 10.8 Å². The molecule has 3 aromatic heterocycles. The minimum absolute atomic E-state index is 0.0563. The molecule has 2 N–H and O–H groups in total. The largest absolute Gasteiger partial charge is 0.488 e. The normalized spacial score (nSPS) is 14.1. The Hall–Kier alpha value is -3.21. The predicted molar refractivity (Wildman–Crippen MR) is 107 cm³/mol. The fraction of sp³-hybridized carbons (Fsp3) is 0.389. The van der Waals surface area contributed by atoms with Gasteiger partial charge in [0.1, 0.15) is 0 Å². The van der Waals surface area contributed by atoms with Crippen LogP contribution in [0.4, 0.5) is 10.8 Å². The highest BCUT2D eigenvalue weighted by Gasteiger charge is 2.22. The molecule has 152 valence electrons. The Labute approximate surface area is 169 Å². The van der Waals surface area contributed by atoms with Gasteiger partial charge in [0.15, 0.2) is 5.76 Å². The fourth-order valence-corrected chi connectivity index (χ4v) is 4.02. The number of carbonyl (C=O) groups excluding carboxylic acids is 1. The van der Waals surface area contributed by atoms with E-state index >= 15 is 0 Å². The molecule has 3 aromatic rings. The molecule has 0 aliphatic heterocycles. The average Bonchev–Trinajstić information content (AvgIpc) is 3.44. The minimum Gasteiger partial charge on any atom is -0.488 e. The van der Waals surface area contributed by atoms with Gasteiger partial charge in [0.25, 0.3) is 5.91 Å². The highest BCUT2D eigenvalue weighted by atomic mass is 32.1. The second kappa shape index (κ2) is 8.03. The van der Waals surface area contributed by atoms with Gasteiger partial charge in [-0.25, -0.2) is 9.48 Å². The van der Waals surface area contributed by atoms with E-state index in [0.717, 1.165) is 42.7 Å². The molecule has 1 saturated carbocycles. The smallest absolute Gasteiger partial charge is 0.381 e. The molecule has 0 radical (unpaired) electrons. The van der Waals surface area contributed by atoms with Gasteiger partial charge in [-0.05, 0) is 25.8 Å². The molecule has 4 rings (SSSR count). The lowest BCUT2D eigenvalue weighted by Gasteiger charge is -2.16. The summed E-state index contributed by atoms with van der Waals surface area (Å²) in [7, 11) is 1.39. The van der Waals surface area contributed by atoms with Crippen molar-refractivity contribution in [3.63, 3.8) is 0 Å². The molecule has 0 bridgehead atoms. The fourth-order valence-electron chi connectivity index (χ4n) is 3.26. The molecule has 0 atom stereocenters. The van der Waals surface area contributed by atoms with Crippen LogP contribution in [0, 0.1) is 6.92 Å². The summed E-state index contributed by atoms with van der Waals surface area (Å²) in [5.74, 6) is -0.678. The van der Waals surface area contributed by atoms with Crippen molar-refractivity contribution in [2.75, 3.05) is 17.7 Å². The number of aromatic nitrogens is 4. The predicted octanol–water partition coefficient (Wildman–Crippen LogP) is 2.60. The lowest BCUT2D eigenvalue weighted by atomic mass is 10.2. The maximum atomic E-state index is 12.6. The Kier molecular flexibility index (Phi) is 5.30. The van der Waals surface area contributed by atoms with Gasteiger partial charge in [-0.3, -0.25) is 10.1 Å². The van der Waals surface area contributed by atoms with Gasteiger partial charge in [0.05, 0.1) is 12.8 Å². The third-order valence-corrected chi connectivity index (χ3v) is 5.51. The number of rotatable bonds is 6. The van der Waals surface area contributed by atoms with Crippen molar-refractivity contribution in [3.05, 3.63) is 40.2 Å². The Morgan fingerprint density at radius 3 is 2.83 bits per heavy atom. The highest BCUT2D eigenvalue weighted by Crippen LogP contribution is 2.28. The van der Waals surface area contributed by atoms with Gasteiger partial charge < -0.3 is 14.5 Å². The summed E-state index contributed by atoms with van der Waals surface area (Å²) >= 11 is 1.16. The number of carbonyl (C=O) groups is 1. The van der Waals surface area contributed by atoms with Gasteiger partial charge in [0, 0.05) is 24.0 Å².